The molecule has 0 amide bonds. The Labute approximate surface area is 120 Å². The second kappa shape index (κ2) is 6.42. The SMILES string of the molecule is CCc1cccc2ccn(CCNCC3CCCO3)c12. The number of hydrogen-bond acceptors (Lipinski definition) is 2. The highest BCUT2D eigenvalue weighted by molar-refractivity contribution is 5.83. The van der Waals surface area contributed by atoms with E-state index in [0.717, 1.165) is 32.7 Å². The Bertz CT molecular complexity index is 555. The fourth-order valence-corrected chi connectivity index (χ4v) is 3.08. The largest absolute Gasteiger partial charge is 0.377 e. The molecule has 0 radical (unpaired) electrons. The quantitative estimate of drug-likeness (QED) is 0.818. The Morgan fingerprint density at radius 1 is 1.35 bits per heavy atom. The van der Waals surface area contributed by atoms with Crippen LogP contribution < -0.4 is 5.32 Å². The number of hydrogen-bond donors (Lipinski definition) is 1. The molecule has 1 saturated heterocycles. The van der Waals surface area contributed by atoms with Gasteiger partial charge in [0.1, 0.15) is 0 Å². The third-order valence-electron chi connectivity index (χ3n) is 4.18. The van der Waals surface area contributed by atoms with Gasteiger partial charge in [-0.1, -0.05) is 25.1 Å². The standard InChI is InChI=1S/C17H24N2O/c1-2-14-5-3-6-15-8-10-19(17(14)15)11-9-18-13-16-7-4-12-20-16/h3,5-6,8,10,16,18H,2,4,7,9,11-13H2,1H3. The zero-order chi connectivity index (χ0) is 13.8. The predicted octanol–water partition coefficient (Wildman–Crippen LogP) is 2.97. The second-order valence-corrected chi connectivity index (χ2v) is 5.56. The first-order chi connectivity index (χ1) is 9.88. The van der Waals surface area contributed by atoms with Crippen molar-refractivity contribution < 1.29 is 4.74 Å². The predicted molar refractivity (Wildman–Crippen MR) is 83.2 cm³/mol. The van der Waals surface area contributed by atoms with Crippen LogP contribution in [0.15, 0.2) is 30.5 Å². The van der Waals surface area contributed by atoms with Crippen molar-refractivity contribution in [3.05, 3.63) is 36.0 Å². The number of ether oxygens (including phenoxy) is 1. The molecule has 1 unspecified atom stereocenters. The Morgan fingerprint density at radius 3 is 3.10 bits per heavy atom. The minimum Gasteiger partial charge on any atom is -0.377 e. The first-order valence-electron chi connectivity index (χ1n) is 7.77. The first-order valence-corrected chi connectivity index (χ1v) is 7.77. The summed E-state index contributed by atoms with van der Waals surface area (Å²) in [7, 11) is 0. The van der Waals surface area contributed by atoms with Gasteiger partial charge in [0.2, 0.25) is 0 Å². The van der Waals surface area contributed by atoms with Gasteiger partial charge in [-0.2, -0.15) is 0 Å². The van der Waals surface area contributed by atoms with Crippen LogP contribution >= 0.6 is 0 Å². The van der Waals surface area contributed by atoms with E-state index in [-0.39, 0.29) is 0 Å². The average molecular weight is 272 g/mol. The highest BCUT2D eigenvalue weighted by Gasteiger charge is 2.14. The number of aromatic nitrogens is 1. The lowest BCUT2D eigenvalue weighted by atomic mass is 10.1. The summed E-state index contributed by atoms with van der Waals surface area (Å²) in [6.45, 7) is 6.17. The van der Waals surface area contributed by atoms with Crippen molar-refractivity contribution >= 4 is 10.9 Å². The van der Waals surface area contributed by atoms with Gasteiger partial charge in [-0.25, -0.2) is 0 Å². The summed E-state index contributed by atoms with van der Waals surface area (Å²) < 4.78 is 8.00. The van der Waals surface area contributed by atoms with Gasteiger partial charge in [-0.3, -0.25) is 0 Å². The zero-order valence-corrected chi connectivity index (χ0v) is 12.3. The van der Waals surface area contributed by atoms with Gasteiger partial charge in [0.05, 0.1) is 11.6 Å². The van der Waals surface area contributed by atoms with Crippen LogP contribution in [0.5, 0.6) is 0 Å². The number of para-hydroxylation sites is 1. The summed E-state index contributed by atoms with van der Waals surface area (Å²) in [5.41, 5.74) is 2.83. The molecule has 0 spiro atoms. The van der Waals surface area contributed by atoms with Crippen LogP contribution in [0.3, 0.4) is 0 Å². The fraction of sp³-hybridized carbons (Fsp3) is 0.529. The minimum atomic E-state index is 0.433. The van der Waals surface area contributed by atoms with Crippen LogP contribution in [0.4, 0.5) is 0 Å². The van der Waals surface area contributed by atoms with Gasteiger partial charge in [0, 0.05) is 32.4 Å². The molecule has 2 aromatic rings. The van der Waals surface area contributed by atoms with Gasteiger partial charge < -0.3 is 14.6 Å². The van der Waals surface area contributed by atoms with E-state index >= 15 is 0 Å². The zero-order valence-electron chi connectivity index (χ0n) is 12.3. The summed E-state index contributed by atoms with van der Waals surface area (Å²) in [4.78, 5) is 0. The van der Waals surface area contributed by atoms with Crippen LogP contribution in [0, 0.1) is 0 Å². The summed E-state index contributed by atoms with van der Waals surface area (Å²) in [5, 5.41) is 4.87. The second-order valence-electron chi connectivity index (χ2n) is 5.56. The molecular formula is C17H24N2O. The molecule has 3 rings (SSSR count). The van der Waals surface area contributed by atoms with E-state index in [1.807, 2.05) is 0 Å². The molecule has 3 nitrogen and oxygen atoms in total. The number of benzene rings is 1. The maximum Gasteiger partial charge on any atom is 0.0700 e. The van der Waals surface area contributed by atoms with Crippen LogP contribution in [0.1, 0.15) is 25.3 Å². The summed E-state index contributed by atoms with van der Waals surface area (Å²) >= 11 is 0. The molecule has 0 aliphatic carbocycles. The van der Waals surface area contributed by atoms with E-state index in [1.54, 1.807) is 0 Å². The lowest BCUT2D eigenvalue weighted by molar-refractivity contribution is 0.110. The number of nitrogens with zero attached hydrogens (tertiary/aromatic N) is 1. The molecule has 1 aliphatic heterocycles. The van der Waals surface area contributed by atoms with Gasteiger partial charge in [-0.15, -0.1) is 0 Å². The monoisotopic (exact) mass is 272 g/mol. The van der Waals surface area contributed by atoms with Gasteiger partial charge in [0.25, 0.3) is 0 Å². The number of aryl methyl sites for hydroxylation is 1. The smallest absolute Gasteiger partial charge is 0.0700 e. The Morgan fingerprint density at radius 2 is 2.30 bits per heavy atom. The van der Waals surface area contributed by atoms with Crippen molar-refractivity contribution in [2.24, 2.45) is 0 Å². The molecule has 20 heavy (non-hydrogen) atoms. The number of nitrogens with one attached hydrogen (secondary N) is 1. The summed E-state index contributed by atoms with van der Waals surface area (Å²) in [6, 6.07) is 8.80. The van der Waals surface area contributed by atoms with E-state index in [4.69, 9.17) is 4.74 Å². The molecule has 1 atom stereocenters. The van der Waals surface area contributed by atoms with Crippen molar-refractivity contribution in [3.63, 3.8) is 0 Å². The summed E-state index contributed by atoms with van der Waals surface area (Å²) in [5.74, 6) is 0. The third kappa shape index (κ3) is 2.89. The van der Waals surface area contributed by atoms with E-state index < -0.39 is 0 Å². The highest BCUT2D eigenvalue weighted by atomic mass is 16.5. The Balaban J connectivity index is 1.59. The molecular weight excluding hydrogens is 248 g/mol. The van der Waals surface area contributed by atoms with Crippen molar-refractivity contribution in [2.45, 2.75) is 38.8 Å². The third-order valence-corrected chi connectivity index (χ3v) is 4.18. The lowest BCUT2D eigenvalue weighted by Crippen LogP contribution is -2.28. The van der Waals surface area contributed by atoms with Crippen molar-refractivity contribution in [1.29, 1.82) is 0 Å². The molecule has 108 valence electrons. The topological polar surface area (TPSA) is 26.2 Å². The minimum absolute atomic E-state index is 0.433. The van der Waals surface area contributed by atoms with E-state index in [1.165, 1.54) is 29.3 Å². The molecule has 0 bridgehead atoms. The molecule has 1 aromatic heterocycles. The Kier molecular flexibility index (Phi) is 4.38. The van der Waals surface area contributed by atoms with Crippen molar-refractivity contribution in [3.8, 4) is 0 Å². The maximum atomic E-state index is 5.63. The lowest BCUT2D eigenvalue weighted by Gasteiger charge is -2.12. The van der Waals surface area contributed by atoms with Crippen LogP contribution in [0.2, 0.25) is 0 Å². The van der Waals surface area contributed by atoms with Gasteiger partial charge in [0.15, 0.2) is 0 Å². The van der Waals surface area contributed by atoms with E-state index in [9.17, 15) is 0 Å². The first kappa shape index (κ1) is 13.7. The van der Waals surface area contributed by atoms with Crippen LogP contribution in [-0.2, 0) is 17.7 Å². The van der Waals surface area contributed by atoms with Crippen molar-refractivity contribution in [1.82, 2.24) is 9.88 Å². The van der Waals surface area contributed by atoms with Gasteiger partial charge >= 0.3 is 0 Å². The molecule has 1 aromatic carbocycles. The molecule has 2 heterocycles. The molecule has 0 saturated carbocycles. The highest BCUT2D eigenvalue weighted by Crippen LogP contribution is 2.20. The van der Waals surface area contributed by atoms with E-state index in [2.05, 4.69) is 47.3 Å². The van der Waals surface area contributed by atoms with Crippen LogP contribution in [0.25, 0.3) is 10.9 Å². The van der Waals surface area contributed by atoms with E-state index in [0.29, 0.717) is 6.10 Å². The van der Waals surface area contributed by atoms with Crippen molar-refractivity contribution in [2.75, 3.05) is 19.7 Å². The molecule has 3 heteroatoms. The summed E-state index contributed by atoms with van der Waals surface area (Å²) in [6.07, 6.45) is 6.15. The maximum absolute atomic E-state index is 5.63. The normalized spacial score (nSPS) is 18.9. The molecule has 1 fully saturated rings. The number of fused-ring (bicyclic) bond motifs is 1. The average Bonchev–Trinajstić information content (AvgIpc) is 3.13. The molecule has 1 N–H and O–H groups in total. The fourth-order valence-electron chi connectivity index (χ4n) is 3.08. The number of rotatable bonds is 6. The van der Waals surface area contributed by atoms with Crippen LogP contribution in [-0.4, -0.2) is 30.4 Å². The van der Waals surface area contributed by atoms with Gasteiger partial charge in [-0.05, 0) is 36.3 Å². The Hall–Kier alpha value is -1.32. The molecule has 1 aliphatic rings.